The molecule has 0 radical (unpaired) electrons. The van der Waals surface area contributed by atoms with Crippen molar-refractivity contribution in [1.29, 1.82) is 0 Å². The molecule has 0 aliphatic heterocycles. The highest BCUT2D eigenvalue weighted by atomic mass is 35.5. The Morgan fingerprint density at radius 2 is 2.16 bits per heavy atom. The molecule has 0 bridgehead atoms. The number of thiocarbonyl (C=S) groups is 1. The van der Waals surface area contributed by atoms with Crippen molar-refractivity contribution < 1.29 is 4.74 Å². The molecule has 2 nitrogen and oxygen atoms in total. The summed E-state index contributed by atoms with van der Waals surface area (Å²) in [5.74, 6) is 1.26. The van der Waals surface area contributed by atoms with E-state index in [4.69, 9.17) is 34.3 Å². The van der Waals surface area contributed by atoms with Gasteiger partial charge in [0.05, 0.1) is 12.2 Å². The standard InChI is InChI=1S/C15H22ClNOS/c1-3-5-6-11(4-2)10-18-14-9-12(16)7-8-13(14)15(17)19/h7-9,11H,3-6,10H2,1-2H3,(H2,17,19). The predicted octanol–water partition coefficient (Wildman–Crippen LogP) is 4.57. The summed E-state index contributed by atoms with van der Waals surface area (Å²) in [6.45, 7) is 5.08. The second-order valence-corrected chi connectivity index (χ2v) is 5.61. The molecular formula is C15H22ClNOS. The van der Waals surface area contributed by atoms with Crippen LogP contribution in [0.2, 0.25) is 5.02 Å². The number of hydrogen-bond acceptors (Lipinski definition) is 2. The lowest BCUT2D eigenvalue weighted by Crippen LogP contribution is -2.15. The minimum absolute atomic E-state index is 0.341. The number of hydrogen-bond donors (Lipinski definition) is 1. The Kier molecular flexibility index (Phi) is 7.17. The molecule has 0 aliphatic carbocycles. The number of rotatable bonds is 8. The minimum atomic E-state index is 0.341. The lowest BCUT2D eigenvalue weighted by atomic mass is 10.0. The van der Waals surface area contributed by atoms with Crippen LogP contribution in [0.4, 0.5) is 0 Å². The van der Waals surface area contributed by atoms with Crippen LogP contribution in [0.5, 0.6) is 5.75 Å². The molecule has 0 amide bonds. The van der Waals surface area contributed by atoms with E-state index in [1.165, 1.54) is 19.3 Å². The Morgan fingerprint density at radius 3 is 2.74 bits per heavy atom. The fourth-order valence-electron chi connectivity index (χ4n) is 1.92. The Bertz CT molecular complexity index is 423. The first-order valence-electron chi connectivity index (χ1n) is 6.80. The van der Waals surface area contributed by atoms with Crippen molar-refractivity contribution in [2.45, 2.75) is 39.5 Å². The van der Waals surface area contributed by atoms with Gasteiger partial charge in [0.15, 0.2) is 0 Å². The highest BCUT2D eigenvalue weighted by Crippen LogP contribution is 2.25. The van der Waals surface area contributed by atoms with Gasteiger partial charge in [0.25, 0.3) is 0 Å². The van der Waals surface area contributed by atoms with E-state index in [-0.39, 0.29) is 0 Å². The van der Waals surface area contributed by atoms with E-state index >= 15 is 0 Å². The first-order chi connectivity index (χ1) is 9.08. The van der Waals surface area contributed by atoms with Crippen LogP contribution in [0.25, 0.3) is 0 Å². The fraction of sp³-hybridized carbons (Fsp3) is 0.533. The summed E-state index contributed by atoms with van der Waals surface area (Å²) in [4.78, 5) is 0.341. The molecule has 1 aromatic carbocycles. The van der Waals surface area contributed by atoms with Crippen molar-refractivity contribution in [3.8, 4) is 5.75 Å². The van der Waals surface area contributed by atoms with E-state index < -0.39 is 0 Å². The molecule has 0 heterocycles. The summed E-state index contributed by atoms with van der Waals surface area (Å²) in [6, 6.07) is 5.37. The van der Waals surface area contributed by atoms with Crippen LogP contribution in [0, 0.1) is 5.92 Å². The number of ether oxygens (including phenoxy) is 1. The third-order valence-corrected chi connectivity index (χ3v) is 3.68. The molecule has 0 saturated heterocycles. The molecule has 106 valence electrons. The highest BCUT2D eigenvalue weighted by molar-refractivity contribution is 7.80. The van der Waals surface area contributed by atoms with Crippen LogP contribution in [-0.4, -0.2) is 11.6 Å². The van der Waals surface area contributed by atoms with Crippen LogP contribution in [0.1, 0.15) is 45.1 Å². The third kappa shape index (κ3) is 5.37. The van der Waals surface area contributed by atoms with Gasteiger partial charge in [0.2, 0.25) is 0 Å². The lowest BCUT2D eigenvalue weighted by molar-refractivity contribution is 0.233. The maximum absolute atomic E-state index is 5.99. The van der Waals surface area contributed by atoms with Gasteiger partial charge in [-0.05, 0) is 30.5 Å². The number of nitrogens with two attached hydrogens (primary N) is 1. The monoisotopic (exact) mass is 299 g/mol. The third-order valence-electron chi connectivity index (χ3n) is 3.23. The zero-order valence-corrected chi connectivity index (χ0v) is 13.2. The topological polar surface area (TPSA) is 35.2 Å². The predicted molar refractivity (Wildman–Crippen MR) is 86.1 cm³/mol. The van der Waals surface area contributed by atoms with Crippen molar-refractivity contribution in [2.24, 2.45) is 11.7 Å². The largest absolute Gasteiger partial charge is 0.493 e. The quantitative estimate of drug-likeness (QED) is 0.714. The maximum atomic E-state index is 5.99. The van der Waals surface area contributed by atoms with Gasteiger partial charge in [-0.3, -0.25) is 0 Å². The Balaban J connectivity index is 2.70. The smallest absolute Gasteiger partial charge is 0.130 e. The summed E-state index contributed by atoms with van der Waals surface area (Å²) in [5, 5.41) is 0.636. The number of benzene rings is 1. The summed E-state index contributed by atoms with van der Waals surface area (Å²) in [7, 11) is 0. The Morgan fingerprint density at radius 1 is 1.42 bits per heavy atom. The normalized spacial score (nSPS) is 12.2. The Hall–Kier alpha value is -0.800. The molecule has 0 fully saturated rings. The van der Waals surface area contributed by atoms with Crippen molar-refractivity contribution in [3.63, 3.8) is 0 Å². The molecule has 4 heteroatoms. The second kappa shape index (κ2) is 8.39. The average molecular weight is 300 g/mol. The van der Waals surface area contributed by atoms with Gasteiger partial charge in [0.1, 0.15) is 10.7 Å². The molecule has 1 aromatic rings. The van der Waals surface area contributed by atoms with E-state index in [1.54, 1.807) is 12.1 Å². The molecule has 0 saturated carbocycles. The van der Waals surface area contributed by atoms with Gasteiger partial charge in [-0.2, -0.15) is 0 Å². The molecule has 19 heavy (non-hydrogen) atoms. The van der Waals surface area contributed by atoms with Crippen molar-refractivity contribution in [3.05, 3.63) is 28.8 Å². The second-order valence-electron chi connectivity index (χ2n) is 4.73. The molecule has 0 aromatic heterocycles. The van der Waals surface area contributed by atoms with Gasteiger partial charge in [0, 0.05) is 5.02 Å². The molecule has 0 aliphatic rings. The Labute approximate surface area is 126 Å². The highest BCUT2D eigenvalue weighted by Gasteiger charge is 2.11. The van der Waals surface area contributed by atoms with Gasteiger partial charge >= 0.3 is 0 Å². The fourth-order valence-corrected chi connectivity index (χ4v) is 2.26. The van der Waals surface area contributed by atoms with E-state index in [0.717, 1.165) is 12.0 Å². The first-order valence-corrected chi connectivity index (χ1v) is 7.59. The van der Waals surface area contributed by atoms with Gasteiger partial charge in [-0.1, -0.05) is 56.9 Å². The van der Waals surface area contributed by atoms with E-state index in [9.17, 15) is 0 Å². The van der Waals surface area contributed by atoms with Crippen LogP contribution in [0.3, 0.4) is 0 Å². The van der Waals surface area contributed by atoms with Gasteiger partial charge < -0.3 is 10.5 Å². The first kappa shape index (κ1) is 16.3. The SMILES string of the molecule is CCCCC(CC)COc1cc(Cl)ccc1C(N)=S. The van der Waals surface area contributed by atoms with Crippen molar-refractivity contribution >= 4 is 28.8 Å². The molecule has 1 unspecified atom stereocenters. The molecular weight excluding hydrogens is 278 g/mol. The molecule has 2 N–H and O–H groups in total. The van der Waals surface area contributed by atoms with Crippen molar-refractivity contribution in [2.75, 3.05) is 6.61 Å². The van der Waals surface area contributed by atoms with E-state index in [0.29, 0.717) is 28.3 Å². The van der Waals surface area contributed by atoms with Gasteiger partial charge in [-0.25, -0.2) is 0 Å². The zero-order valence-electron chi connectivity index (χ0n) is 11.6. The average Bonchev–Trinajstić information content (AvgIpc) is 2.38. The molecule has 1 atom stereocenters. The lowest BCUT2D eigenvalue weighted by Gasteiger charge is -2.17. The molecule has 0 spiro atoms. The zero-order chi connectivity index (χ0) is 14.3. The summed E-state index contributed by atoms with van der Waals surface area (Å²) >= 11 is 11.0. The summed E-state index contributed by atoms with van der Waals surface area (Å²) in [5.41, 5.74) is 6.45. The van der Waals surface area contributed by atoms with Crippen LogP contribution < -0.4 is 10.5 Å². The van der Waals surface area contributed by atoms with Crippen LogP contribution in [-0.2, 0) is 0 Å². The van der Waals surface area contributed by atoms with Gasteiger partial charge in [-0.15, -0.1) is 0 Å². The maximum Gasteiger partial charge on any atom is 0.130 e. The van der Waals surface area contributed by atoms with E-state index in [2.05, 4.69) is 13.8 Å². The van der Waals surface area contributed by atoms with Crippen molar-refractivity contribution in [1.82, 2.24) is 0 Å². The van der Waals surface area contributed by atoms with E-state index in [1.807, 2.05) is 6.07 Å². The van der Waals surface area contributed by atoms with Crippen LogP contribution >= 0.6 is 23.8 Å². The number of unbranched alkanes of at least 4 members (excludes halogenated alkanes) is 1. The number of halogens is 1. The minimum Gasteiger partial charge on any atom is -0.493 e. The molecule has 1 rings (SSSR count). The van der Waals surface area contributed by atoms with Crippen LogP contribution in [0.15, 0.2) is 18.2 Å². The summed E-state index contributed by atoms with van der Waals surface area (Å²) in [6.07, 6.45) is 4.75. The summed E-state index contributed by atoms with van der Waals surface area (Å²) < 4.78 is 5.88.